The van der Waals surface area contributed by atoms with Crippen LogP contribution in [0.15, 0.2) is 36.9 Å². The predicted octanol–water partition coefficient (Wildman–Crippen LogP) is 2.49. The molecule has 1 unspecified atom stereocenters. The zero-order valence-electron chi connectivity index (χ0n) is 11.8. The third-order valence-electron chi connectivity index (χ3n) is 2.86. The first-order valence-corrected chi connectivity index (χ1v) is 6.38. The van der Waals surface area contributed by atoms with Gasteiger partial charge in [0.25, 0.3) is 0 Å². The van der Waals surface area contributed by atoms with Crippen molar-refractivity contribution in [3.8, 4) is 0 Å². The van der Waals surface area contributed by atoms with E-state index in [-0.39, 0.29) is 17.6 Å². The molecule has 1 rings (SSSR count). The zero-order valence-corrected chi connectivity index (χ0v) is 11.8. The molecule has 0 bridgehead atoms. The van der Waals surface area contributed by atoms with E-state index < -0.39 is 5.97 Å². The maximum Gasteiger partial charge on any atom is 0.335 e. The molecule has 1 aromatic carbocycles. The summed E-state index contributed by atoms with van der Waals surface area (Å²) in [6.07, 6.45) is 2.47. The van der Waals surface area contributed by atoms with Gasteiger partial charge in [0.15, 0.2) is 0 Å². The van der Waals surface area contributed by atoms with Crippen molar-refractivity contribution in [2.75, 3.05) is 7.05 Å². The highest BCUT2D eigenvalue weighted by atomic mass is 16.4. The molecule has 0 radical (unpaired) electrons. The fraction of sp³-hybridized carbons (Fsp3) is 0.333. The lowest BCUT2D eigenvalue weighted by Gasteiger charge is -2.21. The molecule has 2 amide bonds. The van der Waals surface area contributed by atoms with E-state index in [1.54, 1.807) is 30.2 Å². The van der Waals surface area contributed by atoms with Crippen LogP contribution < -0.4 is 5.32 Å². The number of aromatic carboxylic acids is 1. The Morgan fingerprint density at radius 1 is 1.40 bits per heavy atom. The van der Waals surface area contributed by atoms with Gasteiger partial charge in [-0.3, -0.25) is 0 Å². The van der Waals surface area contributed by atoms with Crippen LogP contribution >= 0.6 is 0 Å². The summed E-state index contributed by atoms with van der Waals surface area (Å²) < 4.78 is 0. The summed E-state index contributed by atoms with van der Waals surface area (Å²) in [5.74, 6) is -0.958. The Bertz CT molecular complexity index is 482. The predicted molar refractivity (Wildman–Crippen MR) is 77.7 cm³/mol. The number of rotatable bonds is 6. The van der Waals surface area contributed by atoms with E-state index in [0.29, 0.717) is 13.0 Å². The van der Waals surface area contributed by atoms with Crippen LogP contribution in [0.1, 0.15) is 29.3 Å². The molecule has 2 N–H and O–H groups in total. The summed E-state index contributed by atoms with van der Waals surface area (Å²) in [6, 6.07) is 6.35. The minimum atomic E-state index is -0.958. The first kappa shape index (κ1) is 15.8. The van der Waals surface area contributed by atoms with Crippen molar-refractivity contribution < 1.29 is 14.7 Å². The average Bonchev–Trinajstić information content (AvgIpc) is 2.39. The zero-order chi connectivity index (χ0) is 15.1. The largest absolute Gasteiger partial charge is 0.478 e. The van der Waals surface area contributed by atoms with Crippen LogP contribution in [-0.2, 0) is 6.54 Å². The fourth-order valence-corrected chi connectivity index (χ4v) is 1.73. The van der Waals surface area contributed by atoms with Crippen molar-refractivity contribution in [2.24, 2.45) is 0 Å². The van der Waals surface area contributed by atoms with Crippen molar-refractivity contribution in [3.05, 3.63) is 48.0 Å². The van der Waals surface area contributed by atoms with Crippen molar-refractivity contribution in [2.45, 2.75) is 25.9 Å². The van der Waals surface area contributed by atoms with Crippen LogP contribution in [0.4, 0.5) is 4.79 Å². The van der Waals surface area contributed by atoms with E-state index in [2.05, 4.69) is 11.9 Å². The van der Waals surface area contributed by atoms with Crippen LogP contribution in [0.2, 0.25) is 0 Å². The quantitative estimate of drug-likeness (QED) is 0.784. The molecule has 5 nitrogen and oxygen atoms in total. The standard InChI is InChI=1S/C15H20N2O3/c1-4-5-11(2)16-15(20)17(3)10-12-6-8-13(9-7-12)14(18)19/h4,6-9,11H,1,5,10H2,2-3H3,(H,16,20)(H,18,19). The van der Waals surface area contributed by atoms with Crippen molar-refractivity contribution >= 4 is 12.0 Å². The number of nitrogens with one attached hydrogen (secondary N) is 1. The number of hydrogen-bond acceptors (Lipinski definition) is 2. The van der Waals surface area contributed by atoms with Crippen molar-refractivity contribution in [1.29, 1.82) is 0 Å². The fourth-order valence-electron chi connectivity index (χ4n) is 1.73. The molecule has 1 aromatic rings. The molecular weight excluding hydrogens is 256 g/mol. The van der Waals surface area contributed by atoms with E-state index in [0.717, 1.165) is 5.56 Å². The third kappa shape index (κ3) is 4.76. The van der Waals surface area contributed by atoms with E-state index in [1.165, 1.54) is 12.1 Å². The first-order valence-electron chi connectivity index (χ1n) is 6.38. The molecular formula is C15H20N2O3. The van der Waals surface area contributed by atoms with Gasteiger partial charge in [-0.05, 0) is 31.0 Å². The molecule has 5 heteroatoms. The maximum absolute atomic E-state index is 11.9. The molecule has 1 atom stereocenters. The van der Waals surface area contributed by atoms with Crippen LogP contribution in [0.3, 0.4) is 0 Å². The van der Waals surface area contributed by atoms with Gasteiger partial charge < -0.3 is 15.3 Å². The smallest absolute Gasteiger partial charge is 0.335 e. The second kappa shape index (κ2) is 7.33. The van der Waals surface area contributed by atoms with Gasteiger partial charge in [-0.1, -0.05) is 18.2 Å². The van der Waals surface area contributed by atoms with Crippen molar-refractivity contribution in [1.82, 2.24) is 10.2 Å². The minimum Gasteiger partial charge on any atom is -0.478 e. The molecule has 0 saturated heterocycles. The second-order valence-corrected chi connectivity index (χ2v) is 4.73. The molecule has 0 aromatic heterocycles. The summed E-state index contributed by atoms with van der Waals surface area (Å²) in [4.78, 5) is 24.2. The van der Waals surface area contributed by atoms with Crippen LogP contribution in [0.5, 0.6) is 0 Å². The van der Waals surface area contributed by atoms with Gasteiger partial charge in [-0.15, -0.1) is 6.58 Å². The van der Waals surface area contributed by atoms with Crippen molar-refractivity contribution in [3.63, 3.8) is 0 Å². The van der Waals surface area contributed by atoms with Gasteiger partial charge in [0.2, 0.25) is 0 Å². The van der Waals surface area contributed by atoms with Gasteiger partial charge in [0.1, 0.15) is 0 Å². The van der Waals surface area contributed by atoms with E-state index in [9.17, 15) is 9.59 Å². The van der Waals surface area contributed by atoms with Gasteiger partial charge >= 0.3 is 12.0 Å². The Kier molecular flexibility index (Phi) is 5.77. The highest BCUT2D eigenvalue weighted by Crippen LogP contribution is 2.07. The topological polar surface area (TPSA) is 69.6 Å². The number of hydrogen-bond donors (Lipinski definition) is 2. The van der Waals surface area contributed by atoms with E-state index in [4.69, 9.17) is 5.11 Å². The molecule has 0 heterocycles. The Morgan fingerprint density at radius 2 is 2.00 bits per heavy atom. The lowest BCUT2D eigenvalue weighted by atomic mass is 10.1. The number of carboxylic acid groups (broad SMARTS) is 1. The van der Waals surface area contributed by atoms with Crippen LogP contribution in [0, 0.1) is 0 Å². The van der Waals surface area contributed by atoms with Gasteiger partial charge in [-0.25, -0.2) is 9.59 Å². The number of amides is 2. The minimum absolute atomic E-state index is 0.0387. The van der Waals surface area contributed by atoms with Gasteiger partial charge in [0.05, 0.1) is 5.56 Å². The number of benzene rings is 1. The summed E-state index contributed by atoms with van der Waals surface area (Å²) in [6.45, 7) is 5.97. The maximum atomic E-state index is 11.9. The molecule has 0 aliphatic heterocycles. The number of nitrogens with zero attached hydrogens (tertiary/aromatic N) is 1. The highest BCUT2D eigenvalue weighted by molar-refractivity contribution is 5.87. The summed E-state index contributed by atoms with van der Waals surface area (Å²) in [5, 5.41) is 11.7. The number of urea groups is 1. The normalized spacial score (nSPS) is 11.5. The monoisotopic (exact) mass is 276 g/mol. The Labute approximate surface area is 118 Å². The molecule has 0 saturated carbocycles. The lowest BCUT2D eigenvalue weighted by molar-refractivity contribution is 0.0697. The summed E-state index contributed by atoms with van der Waals surface area (Å²) in [5.41, 5.74) is 1.12. The van der Waals surface area contributed by atoms with E-state index in [1.807, 2.05) is 6.92 Å². The Hall–Kier alpha value is -2.30. The second-order valence-electron chi connectivity index (χ2n) is 4.73. The first-order chi connectivity index (χ1) is 9.43. The van der Waals surface area contributed by atoms with Crippen LogP contribution in [-0.4, -0.2) is 35.1 Å². The average molecular weight is 276 g/mol. The number of carboxylic acids is 1. The van der Waals surface area contributed by atoms with Gasteiger partial charge in [-0.2, -0.15) is 0 Å². The SMILES string of the molecule is C=CCC(C)NC(=O)N(C)Cc1ccc(C(=O)O)cc1. The molecule has 0 aliphatic carbocycles. The van der Waals surface area contributed by atoms with Crippen LogP contribution in [0.25, 0.3) is 0 Å². The molecule has 0 spiro atoms. The summed E-state index contributed by atoms with van der Waals surface area (Å²) in [7, 11) is 1.70. The number of carbonyl (C=O) groups excluding carboxylic acids is 1. The number of carbonyl (C=O) groups is 2. The molecule has 108 valence electrons. The highest BCUT2D eigenvalue weighted by Gasteiger charge is 2.11. The lowest BCUT2D eigenvalue weighted by Crippen LogP contribution is -2.41. The molecule has 0 fully saturated rings. The van der Waals surface area contributed by atoms with E-state index >= 15 is 0 Å². The Balaban J connectivity index is 2.56. The molecule has 20 heavy (non-hydrogen) atoms. The van der Waals surface area contributed by atoms with Gasteiger partial charge in [0, 0.05) is 19.6 Å². The Morgan fingerprint density at radius 3 is 2.50 bits per heavy atom. The summed E-state index contributed by atoms with van der Waals surface area (Å²) >= 11 is 0. The molecule has 0 aliphatic rings. The third-order valence-corrected chi connectivity index (χ3v) is 2.86.